The van der Waals surface area contributed by atoms with Gasteiger partial charge in [0.05, 0.1) is 6.26 Å². The molecule has 0 saturated heterocycles. The molecule has 3 nitrogen and oxygen atoms in total. The van der Waals surface area contributed by atoms with Crippen molar-refractivity contribution in [3.05, 3.63) is 0 Å². The van der Waals surface area contributed by atoms with Gasteiger partial charge in [0.2, 0.25) is 10.0 Å². The third-order valence-corrected chi connectivity index (χ3v) is 3.12. The average Bonchev–Trinajstić information content (AvgIpc) is 1.60. The highest BCUT2D eigenvalue weighted by Gasteiger charge is 2.19. The fraction of sp³-hybridized carbons (Fsp3) is 1.00. The van der Waals surface area contributed by atoms with Crippen molar-refractivity contribution in [2.24, 2.45) is 0 Å². The van der Waals surface area contributed by atoms with Crippen LogP contribution in [0.15, 0.2) is 0 Å². The molecule has 0 rings (SSSR count). The molecule has 62 valence electrons. The molecule has 0 unspecified atom stereocenters. The monoisotopic (exact) mass is 229 g/mol. The second-order valence-electron chi connectivity index (χ2n) is 2.89. The molecular weight excluding hydrogens is 218 g/mol. The minimum atomic E-state index is -3.07. The summed E-state index contributed by atoms with van der Waals surface area (Å²) in [5.41, 5.74) is -0.395. The highest BCUT2D eigenvalue weighted by atomic mass is 79.9. The topological polar surface area (TPSA) is 46.2 Å². The molecule has 0 fully saturated rings. The standard InChI is InChI=1S/C5H12BrNO2S/c1-5(2,4-6)7-10(3,8)9/h7H,4H2,1-3H3. The van der Waals surface area contributed by atoms with Gasteiger partial charge < -0.3 is 0 Å². The number of sulfonamides is 1. The quantitative estimate of drug-likeness (QED) is 0.726. The summed E-state index contributed by atoms with van der Waals surface area (Å²) >= 11 is 3.20. The van der Waals surface area contributed by atoms with Crippen LogP contribution >= 0.6 is 15.9 Å². The van der Waals surface area contributed by atoms with Crippen LogP contribution in [0.4, 0.5) is 0 Å². The fourth-order valence-corrected chi connectivity index (χ4v) is 1.93. The summed E-state index contributed by atoms with van der Waals surface area (Å²) in [6.45, 7) is 3.62. The molecule has 0 radical (unpaired) electrons. The Balaban J connectivity index is 4.16. The zero-order chi connectivity index (χ0) is 8.41. The molecule has 0 aromatic carbocycles. The van der Waals surface area contributed by atoms with Gasteiger partial charge in [-0.05, 0) is 13.8 Å². The van der Waals surface area contributed by atoms with E-state index in [-0.39, 0.29) is 0 Å². The average molecular weight is 230 g/mol. The van der Waals surface area contributed by atoms with E-state index >= 15 is 0 Å². The van der Waals surface area contributed by atoms with Crippen LogP contribution in [-0.2, 0) is 10.0 Å². The van der Waals surface area contributed by atoms with Crippen molar-refractivity contribution in [1.29, 1.82) is 0 Å². The highest BCUT2D eigenvalue weighted by Crippen LogP contribution is 2.06. The first-order valence-corrected chi connectivity index (χ1v) is 5.83. The molecule has 0 spiro atoms. The molecule has 10 heavy (non-hydrogen) atoms. The summed E-state index contributed by atoms with van der Waals surface area (Å²) in [6.07, 6.45) is 1.15. The maximum atomic E-state index is 10.7. The van der Waals surface area contributed by atoms with Gasteiger partial charge in [0, 0.05) is 10.9 Å². The summed E-state index contributed by atoms with van der Waals surface area (Å²) in [7, 11) is -3.07. The van der Waals surface area contributed by atoms with Crippen LogP contribution in [0.2, 0.25) is 0 Å². The summed E-state index contributed by atoms with van der Waals surface area (Å²) < 4.78 is 23.8. The second-order valence-corrected chi connectivity index (χ2v) is 5.20. The zero-order valence-electron chi connectivity index (χ0n) is 6.31. The Hall–Kier alpha value is 0.390. The molecule has 0 aromatic heterocycles. The van der Waals surface area contributed by atoms with Crippen LogP contribution in [0, 0.1) is 0 Å². The number of hydrogen-bond donors (Lipinski definition) is 1. The fourth-order valence-electron chi connectivity index (χ4n) is 0.529. The zero-order valence-corrected chi connectivity index (χ0v) is 8.71. The molecular formula is C5H12BrNO2S. The van der Waals surface area contributed by atoms with E-state index in [0.717, 1.165) is 6.26 Å². The molecule has 0 saturated carbocycles. The Labute approximate surface area is 70.4 Å². The number of halogens is 1. The van der Waals surface area contributed by atoms with E-state index in [9.17, 15) is 8.42 Å². The second kappa shape index (κ2) is 3.19. The van der Waals surface area contributed by atoms with Gasteiger partial charge in [-0.2, -0.15) is 0 Å². The minimum Gasteiger partial charge on any atom is -0.213 e. The van der Waals surface area contributed by atoms with Gasteiger partial charge in [0.1, 0.15) is 0 Å². The van der Waals surface area contributed by atoms with Crippen LogP contribution in [0.5, 0.6) is 0 Å². The van der Waals surface area contributed by atoms with Gasteiger partial charge in [-0.3, -0.25) is 0 Å². The predicted molar refractivity (Wildman–Crippen MR) is 45.9 cm³/mol. The van der Waals surface area contributed by atoms with Gasteiger partial charge >= 0.3 is 0 Å². The molecule has 0 aliphatic carbocycles. The smallest absolute Gasteiger partial charge is 0.209 e. The third-order valence-electron chi connectivity index (χ3n) is 0.796. The van der Waals surface area contributed by atoms with Crippen LogP contribution in [-0.4, -0.2) is 25.5 Å². The Morgan fingerprint density at radius 2 is 1.90 bits per heavy atom. The number of rotatable bonds is 3. The van der Waals surface area contributed by atoms with Crippen LogP contribution < -0.4 is 4.72 Å². The van der Waals surface area contributed by atoms with Gasteiger partial charge in [-0.25, -0.2) is 13.1 Å². The van der Waals surface area contributed by atoms with E-state index in [1.54, 1.807) is 0 Å². The van der Waals surface area contributed by atoms with E-state index < -0.39 is 15.6 Å². The molecule has 0 amide bonds. The molecule has 0 heterocycles. The molecule has 0 aliphatic heterocycles. The van der Waals surface area contributed by atoms with Crippen LogP contribution in [0.25, 0.3) is 0 Å². The van der Waals surface area contributed by atoms with Crippen LogP contribution in [0.3, 0.4) is 0 Å². The highest BCUT2D eigenvalue weighted by molar-refractivity contribution is 9.09. The minimum absolute atomic E-state index is 0.395. The molecule has 0 bridgehead atoms. The van der Waals surface area contributed by atoms with Crippen LogP contribution in [0.1, 0.15) is 13.8 Å². The van der Waals surface area contributed by atoms with Crippen molar-refractivity contribution in [2.75, 3.05) is 11.6 Å². The third kappa shape index (κ3) is 5.20. The molecule has 1 N–H and O–H groups in total. The first-order valence-electron chi connectivity index (χ1n) is 2.82. The predicted octanol–water partition coefficient (Wildman–Crippen LogP) is 0.709. The Bertz CT molecular complexity index is 198. The van der Waals surface area contributed by atoms with Crippen molar-refractivity contribution in [3.8, 4) is 0 Å². The first kappa shape index (κ1) is 10.4. The number of nitrogens with one attached hydrogen (secondary N) is 1. The van der Waals surface area contributed by atoms with Gasteiger partial charge in [-0.15, -0.1) is 0 Å². The Morgan fingerprint density at radius 1 is 1.50 bits per heavy atom. The van der Waals surface area contributed by atoms with E-state index in [1.165, 1.54) is 0 Å². The largest absolute Gasteiger partial charge is 0.213 e. The Morgan fingerprint density at radius 3 is 2.00 bits per heavy atom. The van der Waals surface area contributed by atoms with Crippen molar-refractivity contribution >= 4 is 26.0 Å². The van der Waals surface area contributed by atoms with Gasteiger partial charge in [-0.1, -0.05) is 15.9 Å². The molecule has 5 heteroatoms. The normalized spacial score (nSPS) is 13.6. The van der Waals surface area contributed by atoms with Crippen molar-refractivity contribution in [1.82, 2.24) is 4.72 Å². The summed E-state index contributed by atoms with van der Waals surface area (Å²) in [5.74, 6) is 0. The maximum Gasteiger partial charge on any atom is 0.209 e. The lowest BCUT2D eigenvalue weighted by molar-refractivity contribution is 0.504. The summed E-state index contributed by atoms with van der Waals surface area (Å²) in [5, 5.41) is 0.604. The number of hydrogen-bond acceptors (Lipinski definition) is 2. The summed E-state index contributed by atoms with van der Waals surface area (Å²) in [6, 6.07) is 0. The lowest BCUT2D eigenvalue weighted by atomic mass is 10.1. The SMILES string of the molecule is CC(C)(CBr)NS(C)(=O)=O. The van der Waals surface area contributed by atoms with E-state index in [2.05, 4.69) is 20.7 Å². The molecule has 0 atom stereocenters. The van der Waals surface area contributed by atoms with Gasteiger partial charge in [0.15, 0.2) is 0 Å². The lowest BCUT2D eigenvalue weighted by Gasteiger charge is -2.21. The molecule has 0 aromatic rings. The van der Waals surface area contributed by atoms with E-state index in [4.69, 9.17) is 0 Å². The maximum absolute atomic E-state index is 10.7. The van der Waals surface area contributed by atoms with E-state index in [0.29, 0.717) is 5.33 Å². The van der Waals surface area contributed by atoms with Crippen molar-refractivity contribution in [3.63, 3.8) is 0 Å². The lowest BCUT2D eigenvalue weighted by Crippen LogP contribution is -2.44. The van der Waals surface area contributed by atoms with Gasteiger partial charge in [0.25, 0.3) is 0 Å². The van der Waals surface area contributed by atoms with E-state index in [1.807, 2.05) is 13.8 Å². The first-order chi connectivity index (χ1) is 4.27. The molecule has 0 aliphatic rings. The van der Waals surface area contributed by atoms with Crippen molar-refractivity contribution in [2.45, 2.75) is 19.4 Å². The summed E-state index contributed by atoms with van der Waals surface area (Å²) in [4.78, 5) is 0. The van der Waals surface area contributed by atoms with Crippen molar-refractivity contribution < 1.29 is 8.42 Å². The Kier molecular flexibility index (Phi) is 3.32. The number of alkyl halides is 1.